The van der Waals surface area contributed by atoms with E-state index in [9.17, 15) is 14.0 Å². The molecule has 0 unspecified atom stereocenters. The summed E-state index contributed by atoms with van der Waals surface area (Å²) < 4.78 is 14.7. The van der Waals surface area contributed by atoms with Crippen LogP contribution in [-0.2, 0) is 4.79 Å². The average Bonchev–Trinajstić information content (AvgIpc) is 2.68. The molecule has 2 aromatic carbocycles. The minimum Gasteiger partial charge on any atom is -0.349 e. The molecule has 1 heterocycles. The number of nitrogens with zero attached hydrogens (tertiary/aromatic N) is 2. The number of amides is 1. The summed E-state index contributed by atoms with van der Waals surface area (Å²) in [5.41, 5.74) is 1.32. The highest BCUT2D eigenvalue weighted by molar-refractivity contribution is 8.00. The van der Waals surface area contributed by atoms with E-state index in [0.717, 1.165) is 5.56 Å². The minimum absolute atomic E-state index is 0.0875. The van der Waals surface area contributed by atoms with E-state index in [2.05, 4.69) is 10.3 Å². The van der Waals surface area contributed by atoms with Gasteiger partial charge in [-0.25, -0.2) is 9.37 Å². The lowest BCUT2D eigenvalue weighted by Crippen LogP contribution is -2.34. The predicted molar refractivity (Wildman–Crippen MR) is 115 cm³/mol. The summed E-state index contributed by atoms with van der Waals surface area (Å²) in [6.07, 6.45) is 0. The quantitative estimate of drug-likeness (QED) is 0.478. The minimum atomic E-state index is -0.462. The number of thioether (sulfide) groups is 1. The number of benzene rings is 2. The molecule has 0 saturated heterocycles. The summed E-state index contributed by atoms with van der Waals surface area (Å²) in [6, 6.07) is 12.9. The number of carbonyl (C=O) groups is 1. The van der Waals surface area contributed by atoms with Crippen molar-refractivity contribution in [2.24, 2.45) is 0 Å². The number of hydrogen-bond donors (Lipinski definition) is 1. The Labute approximate surface area is 173 Å². The second-order valence-electron chi connectivity index (χ2n) is 7.22. The lowest BCUT2D eigenvalue weighted by Gasteiger charge is -2.20. The molecule has 7 heteroatoms. The smallest absolute Gasteiger partial charge is 0.262 e. The van der Waals surface area contributed by atoms with E-state index >= 15 is 0 Å². The number of fused-ring (bicyclic) bond motifs is 1. The SMILES string of the molecule is CC(C)n1c(S[C@@H](C)C(=O)N[C@H](C)c2ccc(F)cc2)nc2ccccc2c1=O. The van der Waals surface area contributed by atoms with Gasteiger partial charge in [-0.3, -0.25) is 14.2 Å². The first-order chi connectivity index (χ1) is 13.8. The molecule has 3 aromatic rings. The van der Waals surface area contributed by atoms with Gasteiger partial charge in [0.2, 0.25) is 5.91 Å². The number of hydrogen-bond acceptors (Lipinski definition) is 4. The lowest BCUT2D eigenvalue weighted by atomic mass is 10.1. The standard InChI is InChI=1S/C22H24FN3O2S/c1-13(2)26-21(28)18-7-5-6-8-19(18)25-22(26)29-15(4)20(27)24-14(3)16-9-11-17(23)12-10-16/h5-15H,1-4H3,(H,24,27)/t14-,15+/m1/s1. The van der Waals surface area contributed by atoms with Crippen LogP contribution in [0.15, 0.2) is 58.5 Å². The zero-order chi connectivity index (χ0) is 21.1. The second-order valence-corrected chi connectivity index (χ2v) is 8.53. The monoisotopic (exact) mass is 413 g/mol. The molecule has 1 aromatic heterocycles. The van der Waals surface area contributed by atoms with Crippen LogP contribution in [0.1, 0.15) is 45.3 Å². The predicted octanol–water partition coefficient (Wildman–Crippen LogP) is 4.47. The third-order valence-electron chi connectivity index (χ3n) is 4.67. The maximum Gasteiger partial charge on any atom is 0.262 e. The number of nitrogens with one attached hydrogen (secondary N) is 1. The molecule has 29 heavy (non-hydrogen) atoms. The normalized spacial score (nSPS) is 13.4. The van der Waals surface area contributed by atoms with Gasteiger partial charge in [0, 0.05) is 6.04 Å². The first-order valence-electron chi connectivity index (χ1n) is 9.51. The van der Waals surface area contributed by atoms with E-state index in [-0.39, 0.29) is 29.4 Å². The highest BCUT2D eigenvalue weighted by atomic mass is 32.2. The fourth-order valence-corrected chi connectivity index (χ4v) is 4.09. The van der Waals surface area contributed by atoms with Gasteiger partial charge < -0.3 is 5.32 Å². The molecule has 1 N–H and O–H groups in total. The van der Waals surface area contributed by atoms with Crippen LogP contribution in [0, 0.1) is 5.82 Å². The lowest BCUT2D eigenvalue weighted by molar-refractivity contribution is -0.120. The molecule has 0 fully saturated rings. The number of para-hydroxylation sites is 1. The van der Waals surface area contributed by atoms with Crippen LogP contribution in [0.5, 0.6) is 0 Å². The Bertz CT molecular complexity index is 1080. The molecule has 0 spiro atoms. The van der Waals surface area contributed by atoms with Gasteiger partial charge in [-0.15, -0.1) is 0 Å². The topological polar surface area (TPSA) is 64.0 Å². The Balaban J connectivity index is 1.82. The number of halogens is 1. The molecule has 2 atom stereocenters. The highest BCUT2D eigenvalue weighted by Crippen LogP contribution is 2.25. The summed E-state index contributed by atoms with van der Waals surface area (Å²) in [6.45, 7) is 7.47. The van der Waals surface area contributed by atoms with Crippen LogP contribution >= 0.6 is 11.8 Å². The Morgan fingerprint density at radius 1 is 1.07 bits per heavy atom. The van der Waals surface area contributed by atoms with Gasteiger partial charge >= 0.3 is 0 Å². The number of aromatic nitrogens is 2. The number of rotatable bonds is 6. The number of carbonyl (C=O) groups excluding carboxylic acids is 1. The van der Waals surface area contributed by atoms with Crippen LogP contribution < -0.4 is 10.9 Å². The van der Waals surface area contributed by atoms with Crippen molar-refractivity contribution < 1.29 is 9.18 Å². The van der Waals surface area contributed by atoms with Crippen molar-refractivity contribution in [2.75, 3.05) is 0 Å². The second kappa shape index (κ2) is 8.78. The molecular weight excluding hydrogens is 389 g/mol. The van der Waals surface area contributed by atoms with Gasteiger partial charge in [0.15, 0.2) is 5.16 Å². The van der Waals surface area contributed by atoms with Crippen LogP contribution in [0.3, 0.4) is 0 Å². The van der Waals surface area contributed by atoms with Gasteiger partial charge in [0.05, 0.1) is 22.2 Å². The molecule has 0 aliphatic carbocycles. The van der Waals surface area contributed by atoms with Gasteiger partial charge in [-0.1, -0.05) is 36.0 Å². The fourth-order valence-electron chi connectivity index (χ4n) is 3.04. The van der Waals surface area contributed by atoms with Gasteiger partial charge in [-0.2, -0.15) is 0 Å². The van der Waals surface area contributed by atoms with Gasteiger partial charge in [0.25, 0.3) is 5.56 Å². The summed E-state index contributed by atoms with van der Waals surface area (Å²) >= 11 is 1.26. The molecule has 0 saturated carbocycles. The van der Waals surface area contributed by atoms with E-state index in [1.54, 1.807) is 35.8 Å². The zero-order valence-corrected chi connectivity index (χ0v) is 17.7. The molecular formula is C22H24FN3O2S. The average molecular weight is 414 g/mol. The third kappa shape index (κ3) is 4.67. The molecule has 0 aliphatic rings. The van der Waals surface area contributed by atoms with Crippen molar-refractivity contribution >= 4 is 28.6 Å². The van der Waals surface area contributed by atoms with Crippen LogP contribution in [0.25, 0.3) is 10.9 Å². The summed E-state index contributed by atoms with van der Waals surface area (Å²) in [5.74, 6) is -0.491. The van der Waals surface area contributed by atoms with Crippen molar-refractivity contribution in [3.63, 3.8) is 0 Å². The molecule has 0 radical (unpaired) electrons. The Morgan fingerprint density at radius 3 is 2.38 bits per heavy atom. The van der Waals surface area contributed by atoms with E-state index in [1.807, 2.05) is 32.9 Å². The van der Waals surface area contributed by atoms with Crippen molar-refractivity contribution in [1.82, 2.24) is 14.9 Å². The summed E-state index contributed by atoms with van der Waals surface area (Å²) in [4.78, 5) is 30.2. The van der Waals surface area contributed by atoms with Gasteiger partial charge in [-0.05, 0) is 57.5 Å². The van der Waals surface area contributed by atoms with E-state index in [0.29, 0.717) is 16.1 Å². The fraction of sp³-hybridized carbons (Fsp3) is 0.318. The van der Waals surface area contributed by atoms with Crippen molar-refractivity contribution in [1.29, 1.82) is 0 Å². The van der Waals surface area contributed by atoms with Crippen molar-refractivity contribution in [2.45, 2.75) is 50.2 Å². The van der Waals surface area contributed by atoms with Crippen LogP contribution in [0.2, 0.25) is 0 Å². The first kappa shape index (κ1) is 21.0. The Morgan fingerprint density at radius 2 is 1.72 bits per heavy atom. The van der Waals surface area contributed by atoms with E-state index in [1.165, 1.54) is 23.9 Å². The van der Waals surface area contributed by atoms with Crippen LogP contribution in [0.4, 0.5) is 4.39 Å². The molecule has 1 amide bonds. The third-order valence-corrected chi connectivity index (χ3v) is 5.74. The summed E-state index contributed by atoms with van der Waals surface area (Å²) in [5, 5.41) is 3.55. The van der Waals surface area contributed by atoms with Crippen molar-refractivity contribution in [3.05, 3.63) is 70.3 Å². The van der Waals surface area contributed by atoms with E-state index < -0.39 is 5.25 Å². The summed E-state index contributed by atoms with van der Waals surface area (Å²) in [7, 11) is 0. The largest absolute Gasteiger partial charge is 0.349 e. The molecule has 3 rings (SSSR count). The van der Waals surface area contributed by atoms with Gasteiger partial charge in [0.1, 0.15) is 5.82 Å². The Kier molecular flexibility index (Phi) is 6.37. The van der Waals surface area contributed by atoms with Crippen molar-refractivity contribution in [3.8, 4) is 0 Å². The highest BCUT2D eigenvalue weighted by Gasteiger charge is 2.22. The molecule has 5 nitrogen and oxygen atoms in total. The molecule has 152 valence electrons. The van der Waals surface area contributed by atoms with E-state index in [4.69, 9.17) is 0 Å². The van der Waals surface area contributed by atoms with Crippen LogP contribution in [-0.4, -0.2) is 20.7 Å². The maximum atomic E-state index is 13.1. The molecule has 0 bridgehead atoms. The maximum absolute atomic E-state index is 13.1. The first-order valence-corrected chi connectivity index (χ1v) is 10.4. The Hall–Kier alpha value is -2.67. The zero-order valence-electron chi connectivity index (χ0n) is 16.8. The molecule has 0 aliphatic heterocycles.